The number of carboxylic acids is 1. The van der Waals surface area contributed by atoms with E-state index >= 15 is 0 Å². The first kappa shape index (κ1) is 15.9. The van der Waals surface area contributed by atoms with Crippen LogP contribution in [0.5, 0.6) is 5.75 Å². The highest BCUT2D eigenvalue weighted by Gasteiger charge is 2.48. The highest BCUT2D eigenvalue weighted by atomic mass is 16.4. The van der Waals surface area contributed by atoms with Crippen molar-refractivity contribution in [2.45, 2.75) is 44.2 Å². The maximum atomic E-state index is 13.2. The molecule has 2 aromatic rings. The molecule has 0 bridgehead atoms. The third-order valence-corrected chi connectivity index (χ3v) is 5.74. The number of rotatable bonds is 2. The number of phenols is 1. The van der Waals surface area contributed by atoms with Gasteiger partial charge in [-0.05, 0) is 36.6 Å². The van der Waals surface area contributed by atoms with E-state index in [0.29, 0.717) is 11.8 Å². The zero-order valence-corrected chi connectivity index (χ0v) is 13.9. The number of carbonyl (C=O) groups is 2. The molecule has 0 spiro atoms. The summed E-state index contributed by atoms with van der Waals surface area (Å²) in [5.41, 5.74) is 0.191. The Morgan fingerprint density at radius 1 is 1.04 bits per heavy atom. The van der Waals surface area contributed by atoms with Crippen molar-refractivity contribution in [3.05, 3.63) is 42.0 Å². The Hall–Kier alpha value is -2.56. The van der Waals surface area contributed by atoms with Crippen molar-refractivity contribution in [3.8, 4) is 5.75 Å². The monoisotopic (exact) mass is 339 g/mol. The van der Waals surface area contributed by atoms with Crippen LogP contribution < -0.4 is 0 Å². The molecule has 2 aliphatic rings. The third-order valence-electron chi connectivity index (χ3n) is 5.74. The van der Waals surface area contributed by atoms with Crippen LogP contribution in [0, 0.1) is 5.92 Å². The van der Waals surface area contributed by atoms with E-state index < -0.39 is 12.0 Å². The molecule has 3 atom stereocenters. The predicted octanol–water partition coefficient (Wildman–Crippen LogP) is 3.40. The Morgan fingerprint density at radius 2 is 1.80 bits per heavy atom. The van der Waals surface area contributed by atoms with Crippen LogP contribution in [-0.4, -0.2) is 39.1 Å². The molecule has 1 heterocycles. The van der Waals surface area contributed by atoms with Crippen LogP contribution in [0.4, 0.5) is 0 Å². The van der Waals surface area contributed by atoms with Crippen molar-refractivity contribution in [2.75, 3.05) is 0 Å². The quantitative estimate of drug-likeness (QED) is 0.879. The highest BCUT2D eigenvalue weighted by molar-refractivity contribution is 6.05. The second kappa shape index (κ2) is 6.06. The molecular weight excluding hydrogens is 318 g/mol. The van der Waals surface area contributed by atoms with E-state index in [0.717, 1.165) is 31.1 Å². The average Bonchev–Trinajstić information content (AvgIpc) is 3.01. The molecule has 4 rings (SSSR count). The molecule has 0 radical (unpaired) electrons. The first-order chi connectivity index (χ1) is 12.1. The fraction of sp³-hybridized carbons (Fsp3) is 0.400. The molecule has 5 heteroatoms. The lowest BCUT2D eigenvalue weighted by atomic mass is 9.84. The van der Waals surface area contributed by atoms with Gasteiger partial charge >= 0.3 is 5.97 Å². The molecule has 2 fully saturated rings. The van der Waals surface area contributed by atoms with Crippen molar-refractivity contribution >= 4 is 22.6 Å². The topological polar surface area (TPSA) is 77.8 Å². The molecular formula is C20H21NO4. The number of aliphatic carboxylic acids is 1. The van der Waals surface area contributed by atoms with Crippen LogP contribution >= 0.6 is 0 Å². The van der Waals surface area contributed by atoms with E-state index in [4.69, 9.17) is 0 Å². The van der Waals surface area contributed by atoms with E-state index in [1.807, 2.05) is 18.2 Å². The molecule has 2 N–H and O–H groups in total. The first-order valence-electron chi connectivity index (χ1n) is 8.84. The van der Waals surface area contributed by atoms with Gasteiger partial charge in [-0.25, -0.2) is 4.79 Å². The third kappa shape index (κ3) is 2.54. The van der Waals surface area contributed by atoms with Gasteiger partial charge in [-0.2, -0.15) is 0 Å². The van der Waals surface area contributed by atoms with Crippen molar-refractivity contribution in [1.29, 1.82) is 0 Å². The fourth-order valence-electron chi connectivity index (χ4n) is 4.54. The number of hydrogen-bond donors (Lipinski definition) is 2. The minimum Gasteiger partial charge on any atom is -0.506 e. The van der Waals surface area contributed by atoms with Gasteiger partial charge in [0.05, 0.1) is 5.56 Å². The Kier molecular flexibility index (Phi) is 3.86. The van der Waals surface area contributed by atoms with Crippen LogP contribution in [0.25, 0.3) is 10.8 Å². The Bertz CT molecular complexity index is 847. The van der Waals surface area contributed by atoms with E-state index in [1.165, 1.54) is 4.90 Å². The summed E-state index contributed by atoms with van der Waals surface area (Å²) in [7, 11) is 0. The van der Waals surface area contributed by atoms with Gasteiger partial charge in [0.1, 0.15) is 11.8 Å². The molecule has 1 saturated carbocycles. The molecule has 0 aromatic heterocycles. The minimum absolute atomic E-state index is 0.0341. The standard InChI is InChI=1S/C20H21NO4/c22-18-14-7-3-1-5-12(14)9-10-15(18)19(23)21-16-8-4-2-6-13(16)11-17(21)20(24)25/h1,3,5,7,9-10,13,16-17,22H,2,4,6,8,11H2,(H,24,25). The molecule has 5 nitrogen and oxygen atoms in total. The fourth-order valence-corrected chi connectivity index (χ4v) is 4.54. The SMILES string of the molecule is O=C(O)C1CC2CCCCC2N1C(=O)c1ccc2ccccc2c1O. The van der Waals surface area contributed by atoms with Gasteiger partial charge in [0.15, 0.2) is 0 Å². The van der Waals surface area contributed by atoms with Crippen molar-refractivity contribution < 1.29 is 19.8 Å². The number of carboxylic acid groups (broad SMARTS) is 1. The Morgan fingerprint density at radius 3 is 2.60 bits per heavy atom. The zero-order valence-electron chi connectivity index (χ0n) is 13.9. The van der Waals surface area contributed by atoms with E-state index in [2.05, 4.69) is 0 Å². The van der Waals surface area contributed by atoms with Gasteiger partial charge in [0.25, 0.3) is 5.91 Å². The molecule has 3 unspecified atom stereocenters. The zero-order chi connectivity index (χ0) is 17.6. The van der Waals surface area contributed by atoms with Crippen LogP contribution in [0.2, 0.25) is 0 Å². The second-order valence-corrected chi connectivity index (χ2v) is 7.10. The van der Waals surface area contributed by atoms with Crippen molar-refractivity contribution in [3.63, 3.8) is 0 Å². The van der Waals surface area contributed by atoms with E-state index in [-0.39, 0.29) is 29.2 Å². The summed E-state index contributed by atoms with van der Waals surface area (Å²) in [5.74, 6) is -1.14. The summed E-state index contributed by atoms with van der Waals surface area (Å²) in [6.07, 6.45) is 4.44. The van der Waals surface area contributed by atoms with Crippen LogP contribution in [-0.2, 0) is 4.79 Å². The number of amides is 1. The summed E-state index contributed by atoms with van der Waals surface area (Å²) in [5, 5.41) is 21.7. The molecule has 1 amide bonds. The lowest BCUT2D eigenvalue weighted by Crippen LogP contribution is -2.46. The molecule has 1 saturated heterocycles. The van der Waals surface area contributed by atoms with Gasteiger partial charge in [-0.3, -0.25) is 4.79 Å². The Balaban J connectivity index is 1.76. The summed E-state index contributed by atoms with van der Waals surface area (Å²) in [4.78, 5) is 26.4. The number of likely N-dealkylation sites (tertiary alicyclic amines) is 1. The average molecular weight is 339 g/mol. The van der Waals surface area contributed by atoms with Gasteiger partial charge in [-0.15, -0.1) is 0 Å². The number of phenolic OH excluding ortho intramolecular Hbond substituents is 1. The van der Waals surface area contributed by atoms with E-state index in [1.54, 1.807) is 18.2 Å². The molecule has 130 valence electrons. The number of carbonyl (C=O) groups excluding carboxylic acids is 1. The second-order valence-electron chi connectivity index (χ2n) is 7.10. The van der Waals surface area contributed by atoms with Crippen molar-refractivity contribution in [1.82, 2.24) is 4.90 Å². The number of benzene rings is 2. The largest absolute Gasteiger partial charge is 0.506 e. The number of aromatic hydroxyl groups is 1. The molecule has 25 heavy (non-hydrogen) atoms. The lowest BCUT2D eigenvalue weighted by molar-refractivity contribution is -0.141. The normalized spacial score (nSPS) is 25.8. The van der Waals surface area contributed by atoms with Gasteiger partial charge in [-0.1, -0.05) is 43.2 Å². The summed E-state index contributed by atoms with van der Waals surface area (Å²) in [6, 6.07) is 9.89. The van der Waals surface area contributed by atoms with Crippen LogP contribution in [0.1, 0.15) is 42.5 Å². The number of hydrogen-bond acceptors (Lipinski definition) is 3. The van der Waals surface area contributed by atoms with Crippen LogP contribution in [0.15, 0.2) is 36.4 Å². The maximum Gasteiger partial charge on any atom is 0.326 e. The maximum absolute atomic E-state index is 13.2. The first-order valence-corrected chi connectivity index (χ1v) is 8.84. The van der Waals surface area contributed by atoms with E-state index in [9.17, 15) is 19.8 Å². The Labute approximate surface area is 145 Å². The summed E-state index contributed by atoms with van der Waals surface area (Å²) in [6.45, 7) is 0. The lowest BCUT2D eigenvalue weighted by Gasteiger charge is -2.33. The number of nitrogens with zero attached hydrogens (tertiary/aromatic N) is 1. The minimum atomic E-state index is -0.956. The molecule has 2 aromatic carbocycles. The summed E-state index contributed by atoms with van der Waals surface area (Å²) >= 11 is 0. The smallest absolute Gasteiger partial charge is 0.326 e. The van der Waals surface area contributed by atoms with Crippen LogP contribution in [0.3, 0.4) is 0 Å². The van der Waals surface area contributed by atoms with Crippen molar-refractivity contribution in [2.24, 2.45) is 5.92 Å². The number of fused-ring (bicyclic) bond motifs is 2. The van der Waals surface area contributed by atoms with Gasteiger partial charge in [0, 0.05) is 11.4 Å². The summed E-state index contributed by atoms with van der Waals surface area (Å²) < 4.78 is 0. The molecule has 1 aliphatic heterocycles. The highest BCUT2D eigenvalue weighted by Crippen LogP contribution is 2.41. The predicted molar refractivity (Wildman–Crippen MR) is 93.6 cm³/mol. The van der Waals surface area contributed by atoms with Gasteiger partial charge in [0.2, 0.25) is 0 Å². The van der Waals surface area contributed by atoms with Gasteiger partial charge < -0.3 is 15.1 Å². The molecule has 1 aliphatic carbocycles.